The summed E-state index contributed by atoms with van der Waals surface area (Å²) in [5.74, 6) is 0.696. The summed E-state index contributed by atoms with van der Waals surface area (Å²) in [4.78, 5) is 17.3. The van der Waals surface area contributed by atoms with Crippen molar-refractivity contribution < 1.29 is 18.0 Å². The molecule has 1 aromatic heterocycles. The van der Waals surface area contributed by atoms with Gasteiger partial charge in [0.15, 0.2) is 11.6 Å². The zero-order chi connectivity index (χ0) is 23.6. The molecule has 0 fully saturated rings. The van der Waals surface area contributed by atoms with Crippen LogP contribution in [-0.2, 0) is 16.4 Å². The predicted molar refractivity (Wildman–Crippen MR) is 117 cm³/mol. The molecule has 8 heteroatoms. The van der Waals surface area contributed by atoms with Gasteiger partial charge in [0.1, 0.15) is 0 Å². The van der Waals surface area contributed by atoms with Gasteiger partial charge in [0, 0.05) is 41.1 Å². The summed E-state index contributed by atoms with van der Waals surface area (Å²) in [5, 5.41) is 11.8. The molecule has 1 aliphatic carbocycles. The highest BCUT2D eigenvalue weighted by atomic mass is 19.4. The number of benzene rings is 1. The van der Waals surface area contributed by atoms with Crippen molar-refractivity contribution in [1.82, 2.24) is 10.3 Å². The molecule has 33 heavy (non-hydrogen) atoms. The molecule has 0 saturated heterocycles. The minimum atomic E-state index is -4.53. The van der Waals surface area contributed by atoms with Gasteiger partial charge in [-0.15, -0.1) is 5.11 Å². The number of carbonyl (C=O) groups excluding carboxylic acids is 1. The van der Waals surface area contributed by atoms with Gasteiger partial charge < -0.3 is 5.32 Å². The largest absolute Gasteiger partial charge is 0.418 e. The van der Waals surface area contributed by atoms with E-state index in [-0.39, 0.29) is 11.3 Å². The number of alkyl halides is 3. The van der Waals surface area contributed by atoms with Crippen LogP contribution in [0.4, 0.5) is 13.2 Å². The van der Waals surface area contributed by atoms with Crippen molar-refractivity contribution in [2.24, 2.45) is 15.6 Å². The third kappa shape index (κ3) is 3.07. The molecular weight excluding hydrogens is 429 g/mol. The van der Waals surface area contributed by atoms with E-state index in [2.05, 4.69) is 20.5 Å². The van der Waals surface area contributed by atoms with Gasteiger partial charge in [-0.25, -0.2) is 0 Å². The van der Waals surface area contributed by atoms with Crippen LogP contribution in [-0.4, -0.2) is 17.3 Å². The van der Waals surface area contributed by atoms with Crippen molar-refractivity contribution in [3.63, 3.8) is 0 Å². The molecule has 5 rings (SSSR count). The first-order valence-electron chi connectivity index (χ1n) is 10.9. The predicted octanol–water partition coefficient (Wildman–Crippen LogP) is 5.95. The maximum Gasteiger partial charge on any atom is 0.418 e. The molecule has 3 aliphatic rings. The molecule has 0 spiro atoms. The Labute approximate surface area is 189 Å². The van der Waals surface area contributed by atoms with Crippen LogP contribution >= 0.6 is 0 Å². The van der Waals surface area contributed by atoms with E-state index in [0.29, 0.717) is 36.3 Å². The van der Waals surface area contributed by atoms with Gasteiger partial charge in [-0.1, -0.05) is 39.0 Å². The Hall–Kier alpha value is -3.29. The minimum Gasteiger partial charge on any atom is -0.342 e. The number of ketones is 1. The second-order valence-corrected chi connectivity index (χ2v) is 9.35. The smallest absolute Gasteiger partial charge is 0.342 e. The van der Waals surface area contributed by atoms with Crippen LogP contribution in [0.2, 0.25) is 0 Å². The molecule has 1 N–H and O–H groups in total. The number of nitrogens with one attached hydrogen (secondary N) is 1. The topological polar surface area (TPSA) is 66.7 Å². The number of hydrogen-bond acceptors (Lipinski definition) is 5. The Morgan fingerprint density at radius 3 is 2.70 bits per heavy atom. The van der Waals surface area contributed by atoms with Crippen LogP contribution in [0.1, 0.15) is 44.7 Å². The molecule has 0 saturated carbocycles. The number of Topliss-reactive ketones (excluding diaryl/α,β-unsaturated/α-hetero) is 1. The lowest BCUT2D eigenvalue weighted by Gasteiger charge is -2.40. The lowest BCUT2D eigenvalue weighted by atomic mass is 9.63. The molecule has 5 nitrogen and oxygen atoms in total. The number of carbonyl (C=O) groups is 1. The molecule has 2 aromatic rings. The second kappa shape index (κ2) is 7.10. The summed E-state index contributed by atoms with van der Waals surface area (Å²) in [5.41, 5.74) is 1.50. The van der Waals surface area contributed by atoms with E-state index in [1.807, 2.05) is 26.8 Å². The van der Waals surface area contributed by atoms with Crippen molar-refractivity contribution in [2.75, 3.05) is 6.54 Å². The van der Waals surface area contributed by atoms with Gasteiger partial charge in [0.25, 0.3) is 0 Å². The first-order chi connectivity index (χ1) is 15.6. The highest BCUT2D eigenvalue weighted by molar-refractivity contribution is 6.06. The number of azo groups is 1. The quantitative estimate of drug-likeness (QED) is 0.626. The van der Waals surface area contributed by atoms with Crippen LogP contribution in [0.5, 0.6) is 0 Å². The molecule has 1 aromatic carbocycles. The molecular formula is C25H23F3N4O. The normalized spacial score (nSPS) is 23.6. The van der Waals surface area contributed by atoms with E-state index in [1.165, 1.54) is 12.3 Å². The number of dihydropyridines is 1. The zero-order valence-electron chi connectivity index (χ0n) is 18.5. The fourth-order valence-corrected chi connectivity index (χ4v) is 5.42. The zero-order valence-corrected chi connectivity index (χ0v) is 18.5. The number of rotatable bonds is 3. The van der Waals surface area contributed by atoms with Crippen molar-refractivity contribution in [3.8, 4) is 11.1 Å². The number of allylic oxidation sites excluding steroid dienone is 2. The van der Waals surface area contributed by atoms with Crippen LogP contribution in [0.3, 0.4) is 0 Å². The van der Waals surface area contributed by atoms with E-state index in [4.69, 9.17) is 0 Å². The Morgan fingerprint density at radius 1 is 1.18 bits per heavy atom. The summed E-state index contributed by atoms with van der Waals surface area (Å²) in [7, 11) is 0. The Bertz CT molecular complexity index is 1270. The second-order valence-electron chi connectivity index (χ2n) is 9.35. The van der Waals surface area contributed by atoms with Crippen molar-refractivity contribution in [3.05, 3.63) is 76.5 Å². The highest BCUT2D eigenvalue weighted by Crippen LogP contribution is 2.55. The standard InChI is InChI=1S/C25H23F3N4O/c1-4-24(18-13-30-32-22(18)31-19-11-23(2,3)21(33)20(19)24)15-7-5-6-14(10-15)16-8-9-29-12-17(16)25(26,27)28/h5-10,12,31H,4,11,13H2,1-3H3/t24-/m0/s1. The summed E-state index contributed by atoms with van der Waals surface area (Å²) in [6.07, 6.45) is -1.21. The Morgan fingerprint density at radius 2 is 1.97 bits per heavy atom. The Balaban J connectivity index is 1.74. The van der Waals surface area contributed by atoms with Gasteiger partial charge in [-0.3, -0.25) is 9.78 Å². The average Bonchev–Trinajstić information content (AvgIpc) is 3.34. The van der Waals surface area contributed by atoms with Crippen LogP contribution < -0.4 is 5.32 Å². The van der Waals surface area contributed by atoms with E-state index < -0.39 is 22.6 Å². The minimum absolute atomic E-state index is 0.0515. The molecule has 2 aliphatic heterocycles. The van der Waals surface area contributed by atoms with Crippen molar-refractivity contribution in [1.29, 1.82) is 0 Å². The van der Waals surface area contributed by atoms with Gasteiger partial charge >= 0.3 is 6.18 Å². The number of hydrogen-bond donors (Lipinski definition) is 1. The number of halogens is 3. The summed E-state index contributed by atoms with van der Waals surface area (Å²) in [6.45, 7) is 6.18. The molecule has 1 atom stereocenters. The fraction of sp³-hybridized carbons (Fsp3) is 0.360. The van der Waals surface area contributed by atoms with E-state index >= 15 is 0 Å². The molecule has 170 valence electrons. The van der Waals surface area contributed by atoms with Gasteiger partial charge in [0.05, 0.1) is 17.5 Å². The first kappa shape index (κ1) is 21.6. The van der Waals surface area contributed by atoms with Crippen molar-refractivity contribution in [2.45, 2.75) is 45.2 Å². The van der Waals surface area contributed by atoms with E-state index in [9.17, 15) is 18.0 Å². The number of aromatic nitrogens is 1. The molecule has 0 radical (unpaired) electrons. The van der Waals surface area contributed by atoms with Crippen LogP contribution in [0.15, 0.2) is 75.6 Å². The van der Waals surface area contributed by atoms with Crippen molar-refractivity contribution >= 4 is 5.78 Å². The average molecular weight is 452 g/mol. The summed E-state index contributed by atoms with van der Waals surface area (Å²) in [6, 6.07) is 8.44. The third-order valence-electron chi connectivity index (χ3n) is 6.98. The highest BCUT2D eigenvalue weighted by Gasteiger charge is 2.54. The molecule has 3 heterocycles. The number of pyridine rings is 1. The maximum absolute atomic E-state index is 13.7. The lowest BCUT2D eigenvalue weighted by Crippen LogP contribution is -2.41. The van der Waals surface area contributed by atoms with Crippen LogP contribution in [0, 0.1) is 5.41 Å². The van der Waals surface area contributed by atoms with Crippen LogP contribution in [0.25, 0.3) is 11.1 Å². The van der Waals surface area contributed by atoms with E-state index in [1.54, 1.807) is 18.2 Å². The molecule has 0 amide bonds. The van der Waals surface area contributed by atoms with Gasteiger partial charge in [0.2, 0.25) is 0 Å². The maximum atomic E-state index is 13.7. The third-order valence-corrected chi connectivity index (χ3v) is 6.98. The molecule has 0 bridgehead atoms. The number of nitrogens with zero attached hydrogens (tertiary/aromatic N) is 3. The SMILES string of the molecule is CC[C@]1(c2cccc(-c3ccncc3C(F)(F)F)c2)C2=C(N=NC2)NC2=C1C(=O)C(C)(C)C2. The first-order valence-corrected chi connectivity index (χ1v) is 10.9. The van der Waals surface area contributed by atoms with Gasteiger partial charge in [-0.2, -0.15) is 18.3 Å². The Kier molecular flexibility index (Phi) is 4.64. The van der Waals surface area contributed by atoms with Gasteiger partial charge in [-0.05, 0) is 35.2 Å². The summed E-state index contributed by atoms with van der Waals surface area (Å²) < 4.78 is 41.1. The monoisotopic (exact) mass is 452 g/mol. The van der Waals surface area contributed by atoms with E-state index in [0.717, 1.165) is 23.0 Å². The lowest BCUT2D eigenvalue weighted by molar-refractivity contribution is -0.137. The fourth-order valence-electron chi connectivity index (χ4n) is 5.42. The summed E-state index contributed by atoms with van der Waals surface area (Å²) >= 11 is 0. The molecule has 0 unspecified atom stereocenters.